The number of carbonyl (C=O) groups excluding carboxylic acids is 2. The lowest BCUT2D eigenvalue weighted by Crippen LogP contribution is -2.16. The van der Waals surface area contributed by atoms with Crippen molar-refractivity contribution in [1.29, 1.82) is 0 Å². The zero-order chi connectivity index (χ0) is 22.6. The molecule has 0 saturated heterocycles. The van der Waals surface area contributed by atoms with Crippen molar-refractivity contribution in [2.24, 2.45) is 7.05 Å². The minimum atomic E-state index is -4.65. The Hall–Kier alpha value is -3.05. The molecule has 3 rings (SSSR count). The van der Waals surface area contributed by atoms with Gasteiger partial charge >= 0.3 is 6.18 Å². The van der Waals surface area contributed by atoms with Crippen molar-refractivity contribution in [3.05, 3.63) is 64.9 Å². The van der Waals surface area contributed by atoms with Crippen LogP contribution in [0.2, 0.25) is 5.02 Å². The number of halogens is 4. The first kappa shape index (κ1) is 22.6. The van der Waals surface area contributed by atoms with E-state index in [1.807, 2.05) is 0 Å². The van der Waals surface area contributed by atoms with Gasteiger partial charge < -0.3 is 15.2 Å². The van der Waals surface area contributed by atoms with Crippen molar-refractivity contribution in [2.45, 2.75) is 11.3 Å². The maximum atomic E-state index is 13.0. The van der Waals surface area contributed by atoms with E-state index in [2.05, 4.69) is 20.8 Å². The third-order valence-corrected chi connectivity index (χ3v) is 5.30. The molecule has 0 aliphatic rings. The Morgan fingerprint density at radius 2 is 1.87 bits per heavy atom. The summed E-state index contributed by atoms with van der Waals surface area (Å²) in [6.07, 6.45) is -3.13. The van der Waals surface area contributed by atoms with E-state index in [0.717, 1.165) is 12.1 Å². The molecule has 0 atom stereocenters. The molecule has 0 saturated carbocycles. The number of nitrogens with zero attached hydrogens (tertiary/aromatic N) is 3. The van der Waals surface area contributed by atoms with Gasteiger partial charge in [-0.1, -0.05) is 29.4 Å². The van der Waals surface area contributed by atoms with Gasteiger partial charge in [0.05, 0.1) is 16.3 Å². The summed E-state index contributed by atoms with van der Waals surface area (Å²) in [5, 5.41) is 12.7. The van der Waals surface area contributed by atoms with E-state index in [4.69, 9.17) is 11.6 Å². The normalized spacial score (nSPS) is 11.3. The molecule has 31 heavy (non-hydrogen) atoms. The predicted octanol–water partition coefficient (Wildman–Crippen LogP) is 4.47. The van der Waals surface area contributed by atoms with Gasteiger partial charge in [-0.2, -0.15) is 13.2 Å². The number of aromatic nitrogens is 3. The number of hydrogen-bond donors (Lipinski definition) is 2. The second-order valence-electron chi connectivity index (χ2n) is 6.29. The molecule has 2 amide bonds. The number of hydrogen-bond acceptors (Lipinski definition) is 5. The molecule has 3 aromatic rings. The molecule has 1 heterocycles. The van der Waals surface area contributed by atoms with E-state index in [1.165, 1.54) is 36.3 Å². The summed E-state index contributed by atoms with van der Waals surface area (Å²) in [5.41, 5.74) is -0.588. The van der Waals surface area contributed by atoms with Crippen LogP contribution in [0.25, 0.3) is 0 Å². The number of alkyl halides is 3. The molecule has 12 heteroatoms. The lowest BCUT2D eigenvalue weighted by molar-refractivity contribution is -0.137. The Labute approximate surface area is 184 Å². The monoisotopic (exact) mass is 469 g/mol. The maximum absolute atomic E-state index is 13.0. The van der Waals surface area contributed by atoms with Gasteiger partial charge in [-0.15, -0.1) is 10.2 Å². The van der Waals surface area contributed by atoms with Crippen LogP contribution < -0.4 is 10.6 Å². The first-order valence-electron chi connectivity index (χ1n) is 8.68. The molecular weight excluding hydrogens is 455 g/mol. The first-order valence-corrected chi connectivity index (χ1v) is 10.0. The number of anilines is 2. The van der Waals surface area contributed by atoms with Crippen LogP contribution in [0.4, 0.5) is 24.5 Å². The third-order valence-electron chi connectivity index (χ3n) is 3.94. The van der Waals surface area contributed by atoms with Gasteiger partial charge in [-0.25, -0.2) is 0 Å². The fraction of sp³-hybridized carbons (Fsp3) is 0.158. The predicted molar refractivity (Wildman–Crippen MR) is 111 cm³/mol. The van der Waals surface area contributed by atoms with Crippen LogP contribution in [-0.2, 0) is 18.0 Å². The fourth-order valence-corrected chi connectivity index (χ4v) is 3.40. The van der Waals surface area contributed by atoms with E-state index in [9.17, 15) is 22.8 Å². The number of rotatable bonds is 6. The molecule has 0 fully saturated rings. The summed E-state index contributed by atoms with van der Waals surface area (Å²) in [6.45, 7) is 0. The molecule has 0 bridgehead atoms. The van der Waals surface area contributed by atoms with Gasteiger partial charge in [0.2, 0.25) is 5.91 Å². The Kier molecular flexibility index (Phi) is 6.86. The average Bonchev–Trinajstić information content (AvgIpc) is 3.12. The number of thioether (sulfide) groups is 1. The lowest BCUT2D eigenvalue weighted by Gasteiger charge is -2.12. The molecule has 2 N–H and O–H groups in total. The zero-order valence-electron chi connectivity index (χ0n) is 15.9. The Bertz CT molecular complexity index is 1120. The quantitative estimate of drug-likeness (QED) is 0.520. The zero-order valence-corrected chi connectivity index (χ0v) is 17.5. The lowest BCUT2D eigenvalue weighted by atomic mass is 10.1. The van der Waals surface area contributed by atoms with Crippen molar-refractivity contribution in [2.75, 3.05) is 16.4 Å². The summed E-state index contributed by atoms with van der Waals surface area (Å²) in [5.74, 6) is -0.883. The summed E-state index contributed by atoms with van der Waals surface area (Å²) in [6, 6.07) is 9.11. The first-order chi connectivity index (χ1) is 14.6. The average molecular weight is 470 g/mol. The topological polar surface area (TPSA) is 88.9 Å². The molecule has 0 aliphatic heterocycles. The van der Waals surface area contributed by atoms with E-state index in [1.54, 1.807) is 23.7 Å². The van der Waals surface area contributed by atoms with Crippen LogP contribution >= 0.6 is 23.4 Å². The molecular formula is C19H15ClF3N5O2S. The van der Waals surface area contributed by atoms with Crippen molar-refractivity contribution in [3.63, 3.8) is 0 Å². The van der Waals surface area contributed by atoms with E-state index in [-0.39, 0.29) is 22.9 Å². The Morgan fingerprint density at radius 3 is 2.55 bits per heavy atom. The highest BCUT2D eigenvalue weighted by Crippen LogP contribution is 2.36. The summed E-state index contributed by atoms with van der Waals surface area (Å²) >= 11 is 6.78. The van der Waals surface area contributed by atoms with Crippen LogP contribution in [0.3, 0.4) is 0 Å². The highest BCUT2D eigenvalue weighted by atomic mass is 35.5. The number of benzene rings is 2. The highest BCUT2D eigenvalue weighted by molar-refractivity contribution is 7.99. The van der Waals surface area contributed by atoms with Crippen LogP contribution in [-0.4, -0.2) is 32.3 Å². The molecule has 1 aromatic heterocycles. The fourth-order valence-electron chi connectivity index (χ4n) is 2.49. The van der Waals surface area contributed by atoms with E-state index >= 15 is 0 Å². The minimum Gasteiger partial charge on any atom is -0.325 e. The standard InChI is InChI=1S/C19H15ClF3N5O2S/c1-28-10-24-27-18(28)31-9-16(29)25-12-4-2-3-11(7-12)17(30)26-13-5-6-15(20)14(8-13)19(21,22)23/h2-8,10H,9H2,1H3,(H,25,29)(H,26,30). The van der Waals surface area contributed by atoms with Gasteiger partial charge in [0.25, 0.3) is 5.91 Å². The van der Waals surface area contributed by atoms with Gasteiger partial charge in [0, 0.05) is 24.0 Å². The summed E-state index contributed by atoms with van der Waals surface area (Å²) in [4.78, 5) is 24.6. The van der Waals surface area contributed by atoms with Crippen molar-refractivity contribution >= 4 is 46.6 Å². The molecule has 0 spiro atoms. The van der Waals surface area contributed by atoms with E-state index < -0.39 is 22.7 Å². The third kappa shape index (κ3) is 5.98. The van der Waals surface area contributed by atoms with Gasteiger partial charge in [0.1, 0.15) is 6.33 Å². The number of nitrogens with one attached hydrogen (secondary N) is 2. The number of carbonyl (C=O) groups is 2. The van der Waals surface area contributed by atoms with Crippen molar-refractivity contribution in [3.8, 4) is 0 Å². The molecule has 0 unspecified atom stereocenters. The molecule has 0 radical (unpaired) electrons. The summed E-state index contributed by atoms with van der Waals surface area (Å²) in [7, 11) is 1.75. The van der Waals surface area contributed by atoms with Crippen LogP contribution in [0.5, 0.6) is 0 Å². The van der Waals surface area contributed by atoms with Crippen molar-refractivity contribution < 1.29 is 22.8 Å². The molecule has 162 valence electrons. The molecule has 2 aromatic carbocycles. The van der Waals surface area contributed by atoms with Gasteiger partial charge in [-0.05, 0) is 36.4 Å². The van der Waals surface area contributed by atoms with Crippen LogP contribution in [0.15, 0.2) is 53.9 Å². The Balaban J connectivity index is 1.65. The summed E-state index contributed by atoms with van der Waals surface area (Å²) < 4.78 is 40.6. The highest BCUT2D eigenvalue weighted by Gasteiger charge is 2.33. The SMILES string of the molecule is Cn1cnnc1SCC(=O)Nc1cccc(C(=O)Nc2ccc(Cl)c(C(F)(F)F)c2)c1. The number of aryl methyl sites for hydroxylation is 1. The maximum Gasteiger partial charge on any atom is 0.417 e. The van der Waals surface area contributed by atoms with Gasteiger partial charge in [0.15, 0.2) is 5.16 Å². The largest absolute Gasteiger partial charge is 0.417 e. The van der Waals surface area contributed by atoms with Crippen molar-refractivity contribution in [1.82, 2.24) is 14.8 Å². The minimum absolute atomic E-state index is 0.0590. The van der Waals surface area contributed by atoms with Crippen LogP contribution in [0.1, 0.15) is 15.9 Å². The van der Waals surface area contributed by atoms with Gasteiger partial charge in [-0.3, -0.25) is 9.59 Å². The second-order valence-corrected chi connectivity index (χ2v) is 7.64. The molecule has 7 nitrogen and oxygen atoms in total. The van der Waals surface area contributed by atoms with E-state index in [0.29, 0.717) is 10.8 Å². The Morgan fingerprint density at radius 1 is 1.13 bits per heavy atom. The van der Waals surface area contributed by atoms with Crippen LogP contribution in [0, 0.1) is 0 Å². The smallest absolute Gasteiger partial charge is 0.325 e. The molecule has 0 aliphatic carbocycles. The number of amides is 2. The second kappa shape index (κ2) is 9.40.